The highest BCUT2D eigenvalue weighted by atomic mass is 35.5. The zero-order chi connectivity index (χ0) is 15.4. The Morgan fingerprint density at radius 3 is 2.86 bits per heavy atom. The topological polar surface area (TPSA) is 41.5 Å². The van der Waals surface area contributed by atoms with Gasteiger partial charge >= 0.3 is 0 Å². The Morgan fingerprint density at radius 1 is 1.09 bits per heavy atom. The number of anilines is 1. The largest absolute Gasteiger partial charge is 0.487 e. The van der Waals surface area contributed by atoms with Gasteiger partial charge in [0.1, 0.15) is 12.4 Å². The Labute approximate surface area is 135 Å². The molecule has 22 heavy (non-hydrogen) atoms. The van der Waals surface area contributed by atoms with Gasteiger partial charge in [-0.15, -0.1) is 0 Å². The predicted molar refractivity (Wildman–Crippen MR) is 89.6 cm³/mol. The quantitative estimate of drug-likeness (QED) is 0.830. The third-order valence-electron chi connectivity index (χ3n) is 3.97. The molecule has 0 saturated heterocycles. The first-order chi connectivity index (χ1) is 10.8. The van der Waals surface area contributed by atoms with Gasteiger partial charge in [-0.3, -0.25) is 0 Å². The molecule has 0 fully saturated rings. The molecule has 0 radical (unpaired) electrons. The first-order valence-electron chi connectivity index (χ1n) is 7.64. The average Bonchev–Trinajstić information content (AvgIpc) is 2.57. The fourth-order valence-corrected chi connectivity index (χ4v) is 2.92. The molecule has 0 aliphatic carbocycles. The van der Waals surface area contributed by atoms with Crippen LogP contribution in [0.4, 0.5) is 5.69 Å². The van der Waals surface area contributed by atoms with Crippen molar-refractivity contribution in [3.8, 4) is 5.75 Å². The van der Waals surface area contributed by atoms with Crippen LogP contribution in [-0.4, -0.2) is 11.7 Å². The van der Waals surface area contributed by atoms with Gasteiger partial charge in [-0.25, -0.2) is 0 Å². The Bertz CT molecular complexity index is 658. The molecule has 0 saturated carbocycles. The molecular weight excluding hydrogens is 298 g/mol. The molecule has 0 amide bonds. The smallest absolute Gasteiger partial charge is 0.142 e. The number of rotatable bonds is 1. The van der Waals surface area contributed by atoms with E-state index in [4.69, 9.17) is 16.3 Å². The molecule has 116 valence electrons. The lowest BCUT2D eigenvalue weighted by Crippen LogP contribution is -2.04. The molecule has 1 aliphatic rings. The molecule has 2 aromatic carbocycles. The summed E-state index contributed by atoms with van der Waals surface area (Å²) in [6.45, 7) is 1.46. The monoisotopic (exact) mass is 317 g/mol. The van der Waals surface area contributed by atoms with Gasteiger partial charge in [0.2, 0.25) is 0 Å². The maximum Gasteiger partial charge on any atom is 0.142 e. The number of ether oxygens (including phenoxy) is 1. The number of fused-ring (bicyclic) bond motifs is 2. The molecule has 2 N–H and O–H groups in total. The van der Waals surface area contributed by atoms with Crippen LogP contribution in [0.2, 0.25) is 5.02 Å². The summed E-state index contributed by atoms with van der Waals surface area (Å²) in [4.78, 5) is 0. The molecule has 1 heterocycles. The summed E-state index contributed by atoms with van der Waals surface area (Å²) in [5, 5.41) is 13.5. The van der Waals surface area contributed by atoms with Crippen LogP contribution in [0.15, 0.2) is 36.4 Å². The molecule has 0 unspecified atom stereocenters. The SMILES string of the molecule is OCc1ccc2c(c1)NCCCCc1cc(Cl)ccc1CO2. The fourth-order valence-electron chi connectivity index (χ4n) is 2.73. The van der Waals surface area contributed by atoms with Crippen LogP contribution in [-0.2, 0) is 19.6 Å². The first kappa shape index (κ1) is 15.2. The number of benzene rings is 2. The van der Waals surface area contributed by atoms with E-state index in [0.29, 0.717) is 6.61 Å². The number of halogens is 1. The Hall–Kier alpha value is -1.71. The summed E-state index contributed by atoms with van der Waals surface area (Å²) in [7, 11) is 0. The Morgan fingerprint density at radius 2 is 2.00 bits per heavy atom. The first-order valence-corrected chi connectivity index (χ1v) is 8.02. The summed E-state index contributed by atoms with van der Waals surface area (Å²) >= 11 is 6.11. The maximum atomic E-state index is 9.29. The van der Waals surface area contributed by atoms with Gasteiger partial charge in [0.25, 0.3) is 0 Å². The highest BCUT2D eigenvalue weighted by Gasteiger charge is 2.10. The molecule has 0 atom stereocenters. The highest BCUT2D eigenvalue weighted by molar-refractivity contribution is 6.30. The number of hydrogen-bond acceptors (Lipinski definition) is 3. The van der Waals surface area contributed by atoms with Gasteiger partial charge < -0.3 is 15.2 Å². The second-order valence-corrected chi connectivity index (χ2v) is 6.01. The van der Waals surface area contributed by atoms with Crippen LogP contribution in [0, 0.1) is 0 Å². The van der Waals surface area contributed by atoms with E-state index in [2.05, 4.69) is 5.32 Å². The normalized spacial score (nSPS) is 14.8. The van der Waals surface area contributed by atoms with E-state index in [9.17, 15) is 5.11 Å². The Kier molecular flexibility index (Phi) is 4.86. The van der Waals surface area contributed by atoms with E-state index in [1.54, 1.807) is 0 Å². The van der Waals surface area contributed by atoms with E-state index in [1.807, 2.05) is 36.4 Å². The molecule has 4 heteroatoms. The number of aliphatic hydroxyl groups is 1. The minimum absolute atomic E-state index is 0.0380. The average molecular weight is 318 g/mol. The zero-order valence-corrected chi connectivity index (χ0v) is 13.2. The minimum atomic E-state index is 0.0380. The second kappa shape index (κ2) is 7.03. The van der Waals surface area contributed by atoms with Crippen LogP contribution in [0.5, 0.6) is 5.75 Å². The molecular formula is C18H20ClNO2. The van der Waals surface area contributed by atoms with Crippen LogP contribution in [0.25, 0.3) is 0 Å². The van der Waals surface area contributed by atoms with Crippen molar-refractivity contribution in [3.63, 3.8) is 0 Å². The van der Waals surface area contributed by atoms with Gasteiger partial charge in [0.05, 0.1) is 12.3 Å². The third kappa shape index (κ3) is 3.54. The summed E-state index contributed by atoms with van der Waals surface area (Å²) in [6, 6.07) is 11.8. The van der Waals surface area contributed by atoms with Gasteiger partial charge in [-0.1, -0.05) is 23.7 Å². The van der Waals surface area contributed by atoms with E-state index < -0.39 is 0 Å². The minimum Gasteiger partial charge on any atom is -0.487 e. The molecule has 0 aromatic heterocycles. The van der Waals surface area contributed by atoms with Crippen molar-refractivity contribution in [2.24, 2.45) is 0 Å². The molecule has 2 aromatic rings. The lowest BCUT2D eigenvalue weighted by Gasteiger charge is -2.14. The van der Waals surface area contributed by atoms with Crippen molar-refractivity contribution in [1.82, 2.24) is 0 Å². The summed E-state index contributed by atoms with van der Waals surface area (Å²) < 4.78 is 6.00. The van der Waals surface area contributed by atoms with Crippen LogP contribution >= 0.6 is 11.6 Å². The van der Waals surface area contributed by atoms with Crippen molar-refractivity contribution in [2.75, 3.05) is 11.9 Å². The summed E-state index contributed by atoms with van der Waals surface area (Å²) in [5.74, 6) is 0.819. The maximum absolute atomic E-state index is 9.29. The molecule has 3 rings (SSSR count). The highest BCUT2D eigenvalue weighted by Crippen LogP contribution is 2.29. The van der Waals surface area contributed by atoms with Gasteiger partial charge in [-0.05, 0) is 60.2 Å². The van der Waals surface area contributed by atoms with Crippen molar-refractivity contribution >= 4 is 17.3 Å². The molecule has 3 nitrogen and oxygen atoms in total. The zero-order valence-electron chi connectivity index (χ0n) is 12.4. The van der Waals surface area contributed by atoms with E-state index in [0.717, 1.165) is 47.8 Å². The van der Waals surface area contributed by atoms with Gasteiger partial charge in [0.15, 0.2) is 0 Å². The number of aryl methyl sites for hydroxylation is 1. The van der Waals surface area contributed by atoms with Crippen molar-refractivity contribution in [3.05, 3.63) is 58.1 Å². The molecule has 1 aliphatic heterocycles. The third-order valence-corrected chi connectivity index (χ3v) is 4.20. The fraction of sp³-hybridized carbons (Fsp3) is 0.333. The van der Waals surface area contributed by atoms with Crippen molar-refractivity contribution in [2.45, 2.75) is 32.5 Å². The molecule has 0 spiro atoms. The van der Waals surface area contributed by atoms with E-state index >= 15 is 0 Å². The van der Waals surface area contributed by atoms with Crippen LogP contribution in [0.1, 0.15) is 29.5 Å². The standard InChI is InChI=1S/C18H20ClNO2/c19-16-6-5-15-12-22-18-7-4-13(11-21)9-17(18)20-8-2-1-3-14(15)10-16/h4-7,9-10,20-21H,1-3,8,11-12H2. The van der Waals surface area contributed by atoms with Crippen molar-refractivity contribution < 1.29 is 9.84 Å². The lowest BCUT2D eigenvalue weighted by atomic mass is 10.0. The number of nitrogens with one attached hydrogen (secondary N) is 1. The lowest BCUT2D eigenvalue weighted by molar-refractivity contribution is 0.281. The van der Waals surface area contributed by atoms with Crippen molar-refractivity contribution in [1.29, 1.82) is 0 Å². The Balaban J connectivity index is 1.89. The van der Waals surface area contributed by atoms with E-state index in [1.165, 1.54) is 11.1 Å². The number of hydrogen-bond donors (Lipinski definition) is 2. The molecule has 0 bridgehead atoms. The summed E-state index contributed by atoms with van der Waals surface area (Å²) in [5.41, 5.74) is 4.28. The van der Waals surface area contributed by atoms with Crippen LogP contribution in [0.3, 0.4) is 0 Å². The summed E-state index contributed by atoms with van der Waals surface area (Å²) in [6.07, 6.45) is 3.20. The van der Waals surface area contributed by atoms with Crippen LogP contribution < -0.4 is 10.1 Å². The predicted octanol–water partition coefficient (Wildman–Crippen LogP) is 4.16. The second-order valence-electron chi connectivity index (χ2n) is 5.57. The van der Waals surface area contributed by atoms with E-state index in [-0.39, 0.29) is 6.61 Å². The van der Waals surface area contributed by atoms with Gasteiger partial charge in [-0.2, -0.15) is 0 Å². The number of aliphatic hydroxyl groups excluding tert-OH is 1. The van der Waals surface area contributed by atoms with Gasteiger partial charge in [0, 0.05) is 11.6 Å².